The van der Waals surface area contributed by atoms with Crippen molar-refractivity contribution in [2.45, 2.75) is 19.8 Å². The van der Waals surface area contributed by atoms with E-state index in [1.54, 1.807) is 11.8 Å². The predicted molar refractivity (Wildman–Crippen MR) is 67.9 cm³/mol. The summed E-state index contributed by atoms with van der Waals surface area (Å²) in [5, 5.41) is 9.36. The van der Waals surface area contributed by atoms with Crippen LogP contribution in [0, 0.1) is 5.41 Å². The minimum Gasteiger partial charge on any atom is -0.481 e. The number of aromatic nitrogens is 2. The minimum absolute atomic E-state index is 0.225. The molecule has 0 aromatic carbocycles. The topological polar surface area (TPSA) is 83.4 Å². The van der Waals surface area contributed by atoms with Gasteiger partial charge in [-0.15, -0.1) is 0 Å². The number of carboxylic acids is 1. The van der Waals surface area contributed by atoms with Gasteiger partial charge in [0.05, 0.1) is 17.8 Å². The second-order valence-electron chi connectivity index (χ2n) is 4.88. The molecule has 1 aromatic heterocycles. The molecule has 0 radical (unpaired) electrons. The van der Waals surface area contributed by atoms with E-state index >= 15 is 0 Å². The molecule has 102 valence electrons. The van der Waals surface area contributed by atoms with Crippen molar-refractivity contribution in [3.05, 3.63) is 23.2 Å². The Morgan fingerprint density at radius 2 is 1.95 bits per heavy atom. The van der Waals surface area contributed by atoms with E-state index in [1.807, 2.05) is 0 Å². The molecule has 1 amide bonds. The van der Waals surface area contributed by atoms with Gasteiger partial charge in [0.1, 0.15) is 10.8 Å². The van der Waals surface area contributed by atoms with E-state index in [4.69, 9.17) is 16.7 Å². The highest BCUT2D eigenvalue weighted by Crippen LogP contribution is 2.31. The van der Waals surface area contributed by atoms with Gasteiger partial charge in [-0.3, -0.25) is 9.59 Å². The third-order valence-electron chi connectivity index (χ3n) is 3.51. The molecule has 0 saturated carbocycles. The Hall–Kier alpha value is -1.69. The summed E-state index contributed by atoms with van der Waals surface area (Å²) in [4.78, 5) is 32.6. The summed E-state index contributed by atoms with van der Waals surface area (Å²) in [5.74, 6) is -1.05. The summed E-state index contributed by atoms with van der Waals surface area (Å²) in [6.45, 7) is 2.52. The highest BCUT2D eigenvalue weighted by Gasteiger charge is 2.38. The number of likely N-dealkylation sites (tertiary alicyclic amines) is 1. The maximum atomic E-state index is 12.1. The lowest BCUT2D eigenvalue weighted by Crippen LogP contribution is -2.45. The van der Waals surface area contributed by atoms with Crippen LogP contribution in [0.15, 0.2) is 12.4 Å². The summed E-state index contributed by atoms with van der Waals surface area (Å²) in [7, 11) is 0. The van der Waals surface area contributed by atoms with Crippen molar-refractivity contribution in [3.8, 4) is 0 Å². The number of rotatable bonds is 2. The second kappa shape index (κ2) is 5.13. The zero-order chi connectivity index (χ0) is 14.0. The molecule has 1 aliphatic heterocycles. The molecule has 1 saturated heterocycles. The van der Waals surface area contributed by atoms with Crippen LogP contribution in [0.4, 0.5) is 0 Å². The molecular weight excluding hydrogens is 270 g/mol. The molecular formula is C12H14ClN3O3. The third kappa shape index (κ3) is 2.84. The van der Waals surface area contributed by atoms with Crippen LogP contribution in [-0.4, -0.2) is 44.9 Å². The first-order valence-electron chi connectivity index (χ1n) is 5.92. The lowest BCUT2D eigenvalue weighted by Gasteiger charge is -2.36. The maximum Gasteiger partial charge on any atom is 0.309 e. The predicted octanol–water partition coefficient (Wildman–Crippen LogP) is 1.46. The normalized spacial score (nSPS) is 18.1. The number of hydrogen-bond donors (Lipinski definition) is 1. The van der Waals surface area contributed by atoms with E-state index in [2.05, 4.69) is 9.97 Å². The SMILES string of the molecule is CC1(C(=O)O)CCN(C(=O)c2cnc(Cl)cn2)CC1. The smallest absolute Gasteiger partial charge is 0.309 e. The summed E-state index contributed by atoms with van der Waals surface area (Å²) in [5.41, 5.74) is -0.522. The minimum atomic E-state index is -0.814. The average molecular weight is 284 g/mol. The van der Waals surface area contributed by atoms with Crippen LogP contribution in [0.25, 0.3) is 0 Å². The van der Waals surface area contributed by atoms with E-state index in [1.165, 1.54) is 12.4 Å². The molecule has 0 bridgehead atoms. The first-order valence-corrected chi connectivity index (χ1v) is 6.30. The first-order chi connectivity index (χ1) is 8.92. The number of aliphatic carboxylic acids is 1. The van der Waals surface area contributed by atoms with Crippen molar-refractivity contribution < 1.29 is 14.7 Å². The largest absolute Gasteiger partial charge is 0.481 e. The van der Waals surface area contributed by atoms with Crippen LogP contribution in [0.3, 0.4) is 0 Å². The summed E-state index contributed by atoms with van der Waals surface area (Å²) in [6.07, 6.45) is 3.53. The standard InChI is InChI=1S/C12H14ClN3O3/c1-12(11(18)19)2-4-16(5-3-12)10(17)8-6-15-9(13)7-14-8/h6-7H,2-5H2,1H3,(H,18,19). The maximum absolute atomic E-state index is 12.1. The van der Waals surface area contributed by atoms with Gasteiger partial charge < -0.3 is 10.0 Å². The molecule has 2 heterocycles. The summed E-state index contributed by atoms with van der Waals surface area (Å²) in [6, 6.07) is 0. The average Bonchev–Trinajstić information content (AvgIpc) is 2.39. The fraction of sp³-hybridized carbons (Fsp3) is 0.500. The van der Waals surface area contributed by atoms with Crippen molar-refractivity contribution in [1.82, 2.24) is 14.9 Å². The molecule has 1 aromatic rings. The van der Waals surface area contributed by atoms with E-state index in [0.717, 1.165) is 0 Å². The van der Waals surface area contributed by atoms with Crippen molar-refractivity contribution >= 4 is 23.5 Å². The van der Waals surface area contributed by atoms with Gasteiger partial charge >= 0.3 is 5.97 Å². The number of carbonyl (C=O) groups is 2. The number of hydrogen-bond acceptors (Lipinski definition) is 4. The lowest BCUT2D eigenvalue weighted by atomic mass is 9.80. The van der Waals surface area contributed by atoms with Crippen molar-refractivity contribution in [2.24, 2.45) is 5.41 Å². The van der Waals surface area contributed by atoms with Gasteiger partial charge in [-0.25, -0.2) is 9.97 Å². The fourth-order valence-corrected chi connectivity index (χ4v) is 2.10. The van der Waals surface area contributed by atoms with Crippen molar-refractivity contribution in [2.75, 3.05) is 13.1 Å². The molecule has 2 rings (SSSR count). The Kier molecular flexibility index (Phi) is 3.71. The van der Waals surface area contributed by atoms with Crippen LogP contribution in [-0.2, 0) is 4.79 Å². The molecule has 7 heteroatoms. The molecule has 0 atom stereocenters. The van der Waals surface area contributed by atoms with Gasteiger partial charge in [0, 0.05) is 13.1 Å². The Morgan fingerprint density at radius 3 is 2.42 bits per heavy atom. The van der Waals surface area contributed by atoms with Crippen LogP contribution < -0.4 is 0 Å². The van der Waals surface area contributed by atoms with E-state index in [9.17, 15) is 9.59 Å². The van der Waals surface area contributed by atoms with Gasteiger partial charge in [0.2, 0.25) is 0 Å². The number of carboxylic acid groups (broad SMARTS) is 1. The van der Waals surface area contributed by atoms with Gasteiger partial charge in [-0.2, -0.15) is 0 Å². The molecule has 1 fully saturated rings. The molecule has 1 aliphatic rings. The zero-order valence-electron chi connectivity index (χ0n) is 10.5. The van der Waals surface area contributed by atoms with E-state index in [0.29, 0.717) is 25.9 Å². The summed E-state index contributed by atoms with van der Waals surface area (Å²) >= 11 is 5.61. The highest BCUT2D eigenvalue weighted by atomic mass is 35.5. The van der Waals surface area contributed by atoms with Crippen LogP contribution in [0.2, 0.25) is 5.15 Å². The quantitative estimate of drug-likeness (QED) is 0.888. The third-order valence-corrected chi connectivity index (χ3v) is 3.71. The molecule has 19 heavy (non-hydrogen) atoms. The van der Waals surface area contributed by atoms with E-state index in [-0.39, 0.29) is 16.8 Å². The Labute approximate surface area is 115 Å². The fourth-order valence-electron chi connectivity index (χ4n) is 2.00. The molecule has 0 unspecified atom stereocenters. The number of nitrogens with zero attached hydrogens (tertiary/aromatic N) is 3. The number of halogens is 1. The first kappa shape index (κ1) is 13.7. The Bertz CT molecular complexity index is 495. The van der Waals surface area contributed by atoms with Crippen LogP contribution in [0.5, 0.6) is 0 Å². The van der Waals surface area contributed by atoms with Crippen molar-refractivity contribution in [1.29, 1.82) is 0 Å². The number of amides is 1. The molecule has 1 N–H and O–H groups in total. The highest BCUT2D eigenvalue weighted by molar-refractivity contribution is 6.29. The number of carbonyl (C=O) groups excluding carboxylic acids is 1. The summed E-state index contributed by atoms with van der Waals surface area (Å²) < 4.78 is 0. The van der Waals surface area contributed by atoms with E-state index < -0.39 is 11.4 Å². The Balaban J connectivity index is 2.04. The van der Waals surface area contributed by atoms with Crippen LogP contribution in [0.1, 0.15) is 30.3 Å². The van der Waals surface area contributed by atoms with Gasteiger partial charge in [-0.1, -0.05) is 11.6 Å². The zero-order valence-corrected chi connectivity index (χ0v) is 11.2. The van der Waals surface area contributed by atoms with Crippen molar-refractivity contribution in [3.63, 3.8) is 0 Å². The molecule has 6 nitrogen and oxygen atoms in total. The molecule has 0 aliphatic carbocycles. The van der Waals surface area contributed by atoms with Gasteiger partial charge in [-0.05, 0) is 19.8 Å². The second-order valence-corrected chi connectivity index (χ2v) is 5.27. The monoisotopic (exact) mass is 283 g/mol. The van der Waals surface area contributed by atoms with Crippen LogP contribution >= 0.6 is 11.6 Å². The number of piperidine rings is 1. The van der Waals surface area contributed by atoms with Gasteiger partial charge in [0.25, 0.3) is 5.91 Å². The Morgan fingerprint density at radius 1 is 1.32 bits per heavy atom. The lowest BCUT2D eigenvalue weighted by molar-refractivity contribution is -0.150. The van der Waals surface area contributed by atoms with Gasteiger partial charge in [0.15, 0.2) is 0 Å². The molecule has 0 spiro atoms.